The first kappa shape index (κ1) is 11.0. The zero-order chi connectivity index (χ0) is 11.5. The summed E-state index contributed by atoms with van der Waals surface area (Å²) in [6, 6.07) is 6.60. The first-order valence-corrected chi connectivity index (χ1v) is 5.33. The minimum absolute atomic E-state index is 0.0289. The summed E-state index contributed by atoms with van der Waals surface area (Å²) in [7, 11) is 1.74. The minimum Gasteiger partial charge on any atom is -0.508 e. The zero-order valence-corrected chi connectivity index (χ0v) is 9.22. The number of phenols is 1. The molecule has 0 aromatic heterocycles. The Kier molecular flexibility index (Phi) is 3.10. The summed E-state index contributed by atoms with van der Waals surface area (Å²) < 4.78 is 5.20. The molecule has 1 N–H and O–H groups in total. The molecular formula is C12H15NO3. The maximum atomic E-state index is 12.0. The van der Waals surface area contributed by atoms with Gasteiger partial charge >= 0.3 is 0 Å². The standard InChI is InChI=1S/C12H15NO3/c1-13(10-2-4-11(14)5-3-10)12(15)9-6-7-16-8-9/h2-5,9,14H,6-8H2,1H3. The summed E-state index contributed by atoms with van der Waals surface area (Å²) >= 11 is 0. The van der Waals surface area contributed by atoms with Crippen molar-refractivity contribution in [1.29, 1.82) is 0 Å². The second-order valence-corrected chi connectivity index (χ2v) is 3.97. The summed E-state index contributed by atoms with van der Waals surface area (Å²) in [6.07, 6.45) is 0.793. The number of hydrogen-bond acceptors (Lipinski definition) is 3. The van der Waals surface area contributed by atoms with E-state index in [1.54, 1.807) is 36.2 Å². The van der Waals surface area contributed by atoms with E-state index in [1.807, 2.05) is 0 Å². The van der Waals surface area contributed by atoms with Crippen LogP contribution in [0.3, 0.4) is 0 Å². The number of carbonyl (C=O) groups is 1. The number of phenolic OH excluding ortho intramolecular Hbond substituents is 1. The third kappa shape index (κ3) is 2.17. The van der Waals surface area contributed by atoms with Gasteiger partial charge in [-0.05, 0) is 30.7 Å². The van der Waals surface area contributed by atoms with Crippen molar-refractivity contribution in [2.75, 3.05) is 25.2 Å². The van der Waals surface area contributed by atoms with Crippen LogP contribution in [0.5, 0.6) is 5.75 Å². The molecule has 4 nitrogen and oxygen atoms in total. The predicted octanol–water partition coefficient (Wildman–Crippen LogP) is 1.39. The highest BCUT2D eigenvalue weighted by Crippen LogP contribution is 2.21. The van der Waals surface area contributed by atoms with Crippen molar-refractivity contribution < 1.29 is 14.6 Å². The molecule has 1 fully saturated rings. The average molecular weight is 221 g/mol. The van der Waals surface area contributed by atoms with Crippen LogP contribution in [-0.4, -0.2) is 31.3 Å². The Labute approximate surface area is 94.4 Å². The molecule has 0 bridgehead atoms. The molecule has 16 heavy (non-hydrogen) atoms. The number of nitrogens with zero attached hydrogens (tertiary/aromatic N) is 1. The van der Waals surface area contributed by atoms with Crippen LogP contribution in [0, 0.1) is 5.92 Å². The molecule has 0 spiro atoms. The van der Waals surface area contributed by atoms with Crippen LogP contribution in [0.1, 0.15) is 6.42 Å². The van der Waals surface area contributed by atoms with Crippen LogP contribution in [-0.2, 0) is 9.53 Å². The van der Waals surface area contributed by atoms with Crippen molar-refractivity contribution in [2.45, 2.75) is 6.42 Å². The highest BCUT2D eigenvalue weighted by atomic mass is 16.5. The molecule has 1 aromatic carbocycles. The van der Waals surface area contributed by atoms with E-state index in [-0.39, 0.29) is 17.6 Å². The minimum atomic E-state index is -0.0289. The molecule has 1 aliphatic rings. The zero-order valence-electron chi connectivity index (χ0n) is 9.22. The van der Waals surface area contributed by atoms with Gasteiger partial charge in [-0.25, -0.2) is 0 Å². The normalized spacial score (nSPS) is 19.7. The molecule has 0 aliphatic carbocycles. The van der Waals surface area contributed by atoms with E-state index < -0.39 is 0 Å². The first-order chi connectivity index (χ1) is 7.68. The van der Waals surface area contributed by atoms with Crippen LogP contribution in [0.2, 0.25) is 0 Å². The average Bonchev–Trinajstić information content (AvgIpc) is 2.81. The summed E-state index contributed by atoms with van der Waals surface area (Å²) in [6.45, 7) is 1.18. The topological polar surface area (TPSA) is 49.8 Å². The van der Waals surface area contributed by atoms with Crippen molar-refractivity contribution in [3.63, 3.8) is 0 Å². The van der Waals surface area contributed by atoms with Crippen LogP contribution in [0.25, 0.3) is 0 Å². The van der Waals surface area contributed by atoms with Gasteiger partial charge in [-0.15, -0.1) is 0 Å². The van der Waals surface area contributed by atoms with Gasteiger partial charge < -0.3 is 14.7 Å². The van der Waals surface area contributed by atoms with Gasteiger partial charge in [-0.2, -0.15) is 0 Å². The Morgan fingerprint density at radius 1 is 1.44 bits per heavy atom. The van der Waals surface area contributed by atoms with Crippen LogP contribution in [0.15, 0.2) is 24.3 Å². The van der Waals surface area contributed by atoms with Gasteiger partial charge in [0.05, 0.1) is 12.5 Å². The molecule has 1 aliphatic heterocycles. The van der Waals surface area contributed by atoms with E-state index in [4.69, 9.17) is 9.84 Å². The van der Waals surface area contributed by atoms with Crippen molar-refractivity contribution in [3.8, 4) is 5.75 Å². The number of rotatable bonds is 2. The Morgan fingerprint density at radius 3 is 2.69 bits per heavy atom. The summed E-state index contributed by atoms with van der Waals surface area (Å²) in [5, 5.41) is 9.17. The van der Waals surface area contributed by atoms with Crippen molar-refractivity contribution in [1.82, 2.24) is 0 Å². The lowest BCUT2D eigenvalue weighted by Crippen LogP contribution is -2.33. The van der Waals surface area contributed by atoms with Crippen LogP contribution in [0.4, 0.5) is 5.69 Å². The lowest BCUT2D eigenvalue weighted by molar-refractivity contribution is -0.122. The molecule has 0 saturated carbocycles. The molecule has 86 valence electrons. The molecule has 1 unspecified atom stereocenters. The Hall–Kier alpha value is -1.55. The van der Waals surface area contributed by atoms with Gasteiger partial charge in [0, 0.05) is 19.3 Å². The monoisotopic (exact) mass is 221 g/mol. The maximum absolute atomic E-state index is 12.0. The molecule has 1 atom stereocenters. The number of hydrogen-bond donors (Lipinski definition) is 1. The second kappa shape index (κ2) is 4.53. The van der Waals surface area contributed by atoms with Crippen molar-refractivity contribution in [2.24, 2.45) is 5.92 Å². The molecule has 4 heteroatoms. The van der Waals surface area contributed by atoms with Crippen molar-refractivity contribution >= 4 is 11.6 Å². The summed E-state index contributed by atoms with van der Waals surface area (Å²) in [5.41, 5.74) is 0.787. The molecule has 1 aromatic rings. The molecule has 1 heterocycles. The quantitative estimate of drug-likeness (QED) is 0.821. The van der Waals surface area contributed by atoms with E-state index in [9.17, 15) is 4.79 Å². The predicted molar refractivity (Wildman–Crippen MR) is 60.4 cm³/mol. The number of aromatic hydroxyl groups is 1. The maximum Gasteiger partial charge on any atom is 0.232 e. The Morgan fingerprint density at radius 2 is 2.12 bits per heavy atom. The SMILES string of the molecule is CN(C(=O)C1CCOC1)c1ccc(O)cc1. The second-order valence-electron chi connectivity index (χ2n) is 3.97. The lowest BCUT2D eigenvalue weighted by atomic mass is 10.1. The van der Waals surface area contributed by atoms with Gasteiger partial charge in [0.15, 0.2) is 0 Å². The third-order valence-electron chi connectivity index (χ3n) is 2.85. The van der Waals surface area contributed by atoms with E-state index in [2.05, 4.69) is 0 Å². The fourth-order valence-electron chi connectivity index (χ4n) is 1.81. The lowest BCUT2D eigenvalue weighted by Gasteiger charge is -2.20. The number of anilines is 1. The van der Waals surface area contributed by atoms with Crippen molar-refractivity contribution in [3.05, 3.63) is 24.3 Å². The van der Waals surface area contributed by atoms with Crippen LogP contribution >= 0.6 is 0 Å². The number of amides is 1. The van der Waals surface area contributed by atoms with Gasteiger partial charge in [0.1, 0.15) is 5.75 Å². The third-order valence-corrected chi connectivity index (χ3v) is 2.85. The van der Waals surface area contributed by atoms with Gasteiger partial charge in [0.25, 0.3) is 0 Å². The Balaban J connectivity index is 2.08. The molecule has 1 amide bonds. The molecular weight excluding hydrogens is 206 g/mol. The summed E-state index contributed by atoms with van der Waals surface area (Å²) in [4.78, 5) is 13.6. The van der Waals surface area contributed by atoms with E-state index in [0.29, 0.717) is 13.2 Å². The fraction of sp³-hybridized carbons (Fsp3) is 0.417. The highest BCUT2D eigenvalue weighted by Gasteiger charge is 2.26. The first-order valence-electron chi connectivity index (χ1n) is 5.33. The molecule has 0 radical (unpaired) electrons. The fourth-order valence-corrected chi connectivity index (χ4v) is 1.81. The smallest absolute Gasteiger partial charge is 0.232 e. The summed E-state index contributed by atoms with van der Waals surface area (Å²) in [5.74, 6) is 0.246. The molecule has 2 rings (SSSR count). The van der Waals surface area contributed by atoms with Crippen LogP contribution < -0.4 is 4.90 Å². The van der Waals surface area contributed by atoms with Gasteiger partial charge in [-0.1, -0.05) is 0 Å². The number of ether oxygens (including phenoxy) is 1. The Bertz CT molecular complexity index is 368. The number of carbonyl (C=O) groups excluding carboxylic acids is 1. The highest BCUT2D eigenvalue weighted by molar-refractivity contribution is 5.94. The largest absolute Gasteiger partial charge is 0.508 e. The van der Waals surface area contributed by atoms with Gasteiger partial charge in [0.2, 0.25) is 5.91 Å². The van der Waals surface area contributed by atoms with E-state index >= 15 is 0 Å². The van der Waals surface area contributed by atoms with Gasteiger partial charge in [-0.3, -0.25) is 4.79 Å². The van der Waals surface area contributed by atoms with E-state index in [0.717, 1.165) is 12.1 Å². The van der Waals surface area contributed by atoms with E-state index in [1.165, 1.54) is 0 Å². The molecule has 1 saturated heterocycles. The number of benzene rings is 1.